The van der Waals surface area contributed by atoms with E-state index in [4.69, 9.17) is 24.7 Å². The number of phenols is 2. The van der Waals surface area contributed by atoms with Crippen molar-refractivity contribution in [3.8, 4) is 28.7 Å². The Bertz CT molecular complexity index is 1420. The summed E-state index contributed by atoms with van der Waals surface area (Å²) in [4.78, 5) is 0. The van der Waals surface area contributed by atoms with Gasteiger partial charge in [0, 0.05) is 31.7 Å². The number of methoxy groups -OCH3 is 1. The van der Waals surface area contributed by atoms with Crippen LogP contribution in [-0.2, 0) is 11.2 Å². The highest BCUT2D eigenvalue weighted by Gasteiger charge is 2.39. The SMILES string of the molecule is CCNC(CCC1=CCNC(N)=C1)COc1cc(C2OC(CCc3ccc(O)c(OCNCC(C)O)c3)CC(O)C2CCO)cc(OC)c1O. The first-order chi connectivity index (χ1) is 24.1. The summed E-state index contributed by atoms with van der Waals surface area (Å²) in [6.07, 6.45) is 5.41. The number of hydrogen-bond acceptors (Lipinski definition) is 13. The first-order valence-electron chi connectivity index (χ1n) is 17.6. The van der Waals surface area contributed by atoms with Crippen molar-refractivity contribution in [2.75, 3.05) is 46.7 Å². The van der Waals surface area contributed by atoms with Gasteiger partial charge in [0.05, 0.1) is 37.3 Å². The molecule has 0 radical (unpaired) electrons. The number of nitrogens with two attached hydrogens (primary N) is 1. The molecule has 1 fully saturated rings. The van der Waals surface area contributed by atoms with Gasteiger partial charge in [0.15, 0.2) is 23.0 Å². The number of likely N-dealkylation sites (N-methyl/N-ethyl adjacent to an activating group) is 1. The molecule has 2 aromatic carbocycles. The number of aliphatic hydroxyl groups is 3. The van der Waals surface area contributed by atoms with Crippen LogP contribution in [0.25, 0.3) is 0 Å². The van der Waals surface area contributed by atoms with Crippen molar-refractivity contribution in [3.05, 3.63) is 65.0 Å². The zero-order valence-corrected chi connectivity index (χ0v) is 29.4. The molecule has 0 amide bonds. The van der Waals surface area contributed by atoms with Gasteiger partial charge in [-0.3, -0.25) is 5.32 Å². The van der Waals surface area contributed by atoms with E-state index in [-0.39, 0.29) is 48.5 Å². The molecule has 4 rings (SSSR count). The van der Waals surface area contributed by atoms with Gasteiger partial charge in [-0.25, -0.2) is 0 Å². The van der Waals surface area contributed by atoms with Gasteiger partial charge in [-0.2, -0.15) is 0 Å². The Morgan fingerprint density at radius 2 is 1.88 bits per heavy atom. The number of ether oxygens (including phenoxy) is 4. The number of nitrogens with one attached hydrogen (secondary N) is 3. The molecule has 2 aliphatic rings. The summed E-state index contributed by atoms with van der Waals surface area (Å²) in [6, 6.07) is 8.61. The van der Waals surface area contributed by atoms with Crippen molar-refractivity contribution in [3.63, 3.8) is 0 Å². The van der Waals surface area contributed by atoms with E-state index < -0.39 is 24.2 Å². The largest absolute Gasteiger partial charge is 0.504 e. The number of benzene rings is 2. The fraction of sp³-hybridized carbons (Fsp3) is 0.568. The van der Waals surface area contributed by atoms with Crippen molar-refractivity contribution in [2.24, 2.45) is 11.7 Å². The average molecular weight is 701 g/mol. The highest BCUT2D eigenvalue weighted by Crippen LogP contribution is 2.45. The topological polar surface area (TPSA) is 200 Å². The van der Waals surface area contributed by atoms with Gasteiger partial charge in [0.2, 0.25) is 5.75 Å². The van der Waals surface area contributed by atoms with Crippen LogP contribution in [0.1, 0.15) is 63.2 Å². The molecule has 6 unspecified atom stereocenters. The lowest BCUT2D eigenvalue weighted by atomic mass is 9.82. The van der Waals surface area contributed by atoms with E-state index in [0.717, 1.165) is 30.5 Å². The Balaban J connectivity index is 1.46. The maximum absolute atomic E-state index is 11.3. The van der Waals surface area contributed by atoms with Gasteiger partial charge >= 0.3 is 0 Å². The highest BCUT2D eigenvalue weighted by atomic mass is 16.5. The van der Waals surface area contributed by atoms with Crippen LogP contribution in [0.2, 0.25) is 0 Å². The van der Waals surface area contributed by atoms with Crippen LogP contribution in [0.3, 0.4) is 0 Å². The summed E-state index contributed by atoms with van der Waals surface area (Å²) < 4.78 is 24.1. The summed E-state index contributed by atoms with van der Waals surface area (Å²) in [5, 5.41) is 61.5. The minimum atomic E-state index is -0.737. The third kappa shape index (κ3) is 11.4. The van der Waals surface area contributed by atoms with Crippen LogP contribution in [-0.4, -0.2) is 96.6 Å². The Labute approximate surface area is 295 Å². The van der Waals surface area contributed by atoms with E-state index in [1.165, 1.54) is 7.11 Å². The summed E-state index contributed by atoms with van der Waals surface area (Å²) in [6.45, 7) is 5.83. The van der Waals surface area contributed by atoms with Crippen molar-refractivity contribution < 1.29 is 44.5 Å². The van der Waals surface area contributed by atoms with Crippen LogP contribution in [0.15, 0.2) is 53.9 Å². The second-order valence-electron chi connectivity index (χ2n) is 13.0. The molecule has 10 N–H and O–H groups in total. The molecule has 0 spiro atoms. The van der Waals surface area contributed by atoms with Crippen LogP contribution in [0, 0.1) is 5.92 Å². The summed E-state index contributed by atoms with van der Waals surface area (Å²) in [5.74, 6) is 0.950. The lowest BCUT2D eigenvalue weighted by molar-refractivity contribution is -0.144. The van der Waals surface area contributed by atoms with Crippen LogP contribution >= 0.6 is 0 Å². The molecule has 2 heterocycles. The molecule has 0 aromatic heterocycles. The Hall–Kier alpha value is -3.72. The molecule has 0 bridgehead atoms. The zero-order chi connectivity index (χ0) is 36.0. The lowest BCUT2D eigenvalue weighted by Gasteiger charge is -2.40. The van der Waals surface area contributed by atoms with Crippen molar-refractivity contribution in [2.45, 2.75) is 82.8 Å². The number of allylic oxidation sites excluding steroid dienone is 2. The van der Waals surface area contributed by atoms with Gasteiger partial charge in [0.1, 0.15) is 13.3 Å². The molecule has 50 heavy (non-hydrogen) atoms. The highest BCUT2D eigenvalue weighted by molar-refractivity contribution is 5.53. The predicted molar refractivity (Wildman–Crippen MR) is 190 cm³/mol. The normalized spacial score (nSPS) is 21.8. The molecule has 0 aliphatic carbocycles. The third-order valence-corrected chi connectivity index (χ3v) is 9.07. The van der Waals surface area contributed by atoms with Gasteiger partial charge in [0.25, 0.3) is 0 Å². The summed E-state index contributed by atoms with van der Waals surface area (Å²) in [7, 11) is 1.47. The Morgan fingerprint density at radius 1 is 1.08 bits per heavy atom. The average Bonchev–Trinajstić information content (AvgIpc) is 3.09. The van der Waals surface area contributed by atoms with E-state index in [0.29, 0.717) is 62.5 Å². The first-order valence-corrected chi connectivity index (χ1v) is 17.6. The van der Waals surface area contributed by atoms with Crippen molar-refractivity contribution in [1.29, 1.82) is 0 Å². The van der Waals surface area contributed by atoms with E-state index in [9.17, 15) is 25.5 Å². The quantitative estimate of drug-likeness (QED) is 0.0722. The van der Waals surface area contributed by atoms with E-state index >= 15 is 0 Å². The van der Waals surface area contributed by atoms with Gasteiger partial charge < -0.3 is 60.8 Å². The second kappa shape index (κ2) is 19.6. The molecule has 2 aromatic rings. The number of phenolic OH excluding ortho intramolecular Hbond substituents is 2. The third-order valence-electron chi connectivity index (χ3n) is 9.07. The van der Waals surface area contributed by atoms with Gasteiger partial charge in [-0.05, 0) is 99.0 Å². The number of dihydropyridines is 1. The molecule has 1 saturated heterocycles. The van der Waals surface area contributed by atoms with Crippen molar-refractivity contribution in [1.82, 2.24) is 16.0 Å². The van der Waals surface area contributed by atoms with Gasteiger partial charge in [-0.1, -0.05) is 19.1 Å². The number of aromatic hydroxyl groups is 2. The number of hydrogen-bond donors (Lipinski definition) is 9. The maximum atomic E-state index is 11.3. The minimum Gasteiger partial charge on any atom is -0.504 e. The molecule has 13 nitrogen and oxygen atoms in total. The number of rotatable bonds is 20. The van der Waals surface area contributed by atoms with Gasteiger partial charge in [-0.15, -0.1) is 0 Å². The Kier molecular flexibility index (Phi) is 15.3. The first kappa shape index (κ1) is 39.1. The molecular weight excluding hydrogens is 644 g/mol. The summed E-state index contributed by atoms with van der Waals surface area (Å²) in [5.41, 5.74) is 8.69. The standard InChI is InChI=1S/C37H56N4O9/c1-4-40-27(8-5-25-11-13-41-35(38)16-25)21-48-34-18-26(17-33(47-3)36(34)46)37-29(12-14-42)31(45)19-28(50-37)9-6-24-7-10-30(44)32(15-24)49-22-39-20-23(2)43/h7,10-11,15-18,23,27-29,31,37,39-46H,4-6,8-9,12-14,19-22,38H2,1-3H3. The molecular formula is C37H56N4O9. The van der Waals surface area contributed by atoms with Crippen LogP contribution in [0.4, 0.5) is 0 Å². The van der Waals surface area contributed by atoms with E-state index in [1.807, 2.05) is 19.1 Å². The van der Waals surface area contributed by atoms with Crippen LogP contribution < -0.4 is 35.9 Å². The van der Waals surface area contributed by atoms with Crippen LogP contribution in [0.5, 0.6) is 28.7 Å². The fourth-order valence-corrected chi connectivity index (χ4v) is 6.45. The maximum Gasteiger partial charge on any atom is 0.200 e. The predicted octanol–water partition coefficient (Wildman–Crippen LogP) is 2.70. The van der Waals surface area contributed by atoms with Crippen molar-refractivity contribution >= 4 is 0 Å². The lowest BCUT2D eigenvalue weighted by Crippen LogP contribution is -2.40. The molecule has 13 heteroatoms. The molecule has 2 aliphatic heterocycles. The smallest absolute Gasteiger partial charge is 0.200 e. The van der Waals surface area contributed by atoms with E-state index in [2.05, 4.69) is 22.0 Å². The Morgan fingerprint density at radius 3 is 2.60 bits per heavy atom. The molecule has 6 atom stereocenters. The summed E-state index contributed by atoms with van der Waals surface area (Å²) >= 11 is 0. The monoisotopic (exact) mass is 700 g/mol. The minimum absolute atomic E-state index is 0.00468. The zero-order valence-electron chi connectivity index (χ0n) is 29.4. The van der Waals surface area contributed by atoms with E-state index in [1.54, 1.807) is 31.2 Å². The molecule has 0 saturated carbocycles. The molecule has 278 valence electrons. The fourth-order valence-electron chi connectivity index (χ4n) is 6.45. The number of aryl methyl sites for hydroxylation is 1. The second-order valence-corrected chi connectivity index (χ2v) is 13.0. The number of aliphatic hydroxyl groups excluding tert-OH is 3.